The minimum absolute atomic E-state index is 0.331. The molecular weight excluding hydrogens is 310 g/mol. The molecule has 1 aromatic rings. The number of ether oxygens (including phenoxy) is 1. The van der Waals surface area contributed by atoms with Crippen molar-refractivity contribution >= 4 is 23.8 Å². The number of rotatable bonds is 6. The Balaban J connectivity index is 2.22. The molecule has 1 heterocycles. The second-order valence-corrected chi connectivity index (χ2v) is 7.37. The monoisotopic (exact) mass is 333 g/mol. The first-order valence-corrected chi connectivity index (χ1v) is 8.88. The summed E-state index contributed by atoms with van der Waals surface area (Å²) in [4.78, 5) is 26.1. The molecule has 4 nitrogen and oxygen atoms in total. The molecule has 1 fully saturated rings. The second-order valence-electron chi connectivity index (χ2n) is 6.09. The van der Waals surface area contributed by atoms with Crippen molar-refractivity contribution in [3.63, 3.8) is 0 Å². The zero-order valence-corrected chi connectivity index (χ0v) is 14.7. The molecule has 0 saturated carbocycles. The van der Waals surface area contributed by atoms with Crippen LogP contribution in [0.4, 0.5) is 4.79 Å². The van der Waals surface area contributed by atoms with Crippen LogP contribution in [0.3, 0.4) is 0 Å². The van der Waals surface area contributed by atoms with Crippen LogP contribution >= 0.6 is 11.8 Å². The van der Waals surface area contributed by atoms with Crippen molar-refractivity contribution in [2.75, 3.05) is 11.5 Å². The van der Waals surface area contributed by atoms with Gasteiger partial charge in [-0.3, -0.25) is 4.79 Å². The van der Waals surface area contributed by atoms with Crippen LogP contribution in [-0.2, 0) is 16.0 Å². The third kappa shape index (κ3) is 3.96. The minimum Gasteiger partial charge on any atom is -0.441 e. The second kappa shape index (κ2) is 7.21. The molecule has 23 heavy (non-hydrogen) atoms. The fourth-order valence-electron chi connectivity index (χ4n) is 2.64. The Bertz CT molecular complexity index is 598. The number of carbonyl (C=O) groups is 2. The van der Waals surface area contributed by atoms with Gasteiger partial charge in [-0.2, -0.15) is 11.8 Å². The molecule has 1 aliphatic heterocycles. The van der Waals surface area contributed by atoms with Gasteiger partial charge in [0, 0.05) is 11.3 Å². The van der Waals surface area contributed by atoms with Gasteiger partial charge in [0.15, 0.2) is 0 Å². The number of cyclic esters (lactones) is 1. The highest BCUT2D eigenvalue weighted by atomic mass is 32.2. The van der Waals surface area contributed by atoms with E-state index in [0.717, 1.165) is 11.3 Å². The molecule has 0 spiro atoms. The van der Waals surface area contributed by atoms with E-state index in [4.69, 9.17) is 4.74 Å². The van der Waals surface area contributed by atoms with Gasteiger partial charge < -0.3 is 4.74 Å². The van der Waals surface area contributed by atoms with Crippen molar-refractivity contribution in [3.8, 4) is 0 Å². The van der Waals surface area contributed by atoms with E-state index in [9.17, 15) is 9.59 Å². The van der Waals surface area contributed by atoms with Crippen LogP contribution in [0.5, 0.6) is 0 Å². The van der Waals surface area contributed by atoms with Crippen LogP contribution in [0.25, 0.3) is 0 Å². The summed E-state index contributed by atoms with van der Waals surface area (Å²) in [5.74, 6) is 1.09. The molecule has 2 rings (SSSR count). The van der Waals surface area contributed by atoms with Gasteiger partial charge in [-0.1, -0.05) is 43.8 Å². The Morgan fingerprint density at radius 3 is 2.61 bits per heavy atom. The van der Waals surface area contributed by atoms with Gasteiger partial charge in [-0.15, -0.1) is 0 Å². The minimum atomic E-state index is -0.721. The van der Waals surface area contributed by atoms with E-state index >= 15 is 0 Å². The molecule has 1 aliphatic rings. The summed E-state index contributed by atoms with van der Waals surface area (Å²) in [6, 6.07) is 9.48. The Labute approximate surface area is 141 Å². The zero-order valence-electron chi connectivity index (χ0n) is 13.9. The Hall–Kier alpha value is -1.75. The van der Waals surface area contributed by atoms with Gasteiger partial charge in [0.05, 0.1) is 6.04 Å². The van der Waals surface area contributed by atoms with Crippen molar-refractivity contribution in [2.45, 2.75) is 38.8 Å². The molecule has 124 valence electrons. The van der Waals surface area contributed by atoms with E-state index in [-0.39, 0.29) is 11.9 Å². The molecular formula is C18H23NO3S. The molecule has 0 bridgehead atoms. The van der Waals surface area contributed by atoms with Gasteiger partial charge in [0.1, 0.15) is 5.60 Å². The number of carbonyl (C=O) groups excluding carboxylic acids is 2. The number of imide groups is 1. The van der Waals surface area contributed by atoms with E-state index < -0.39 is 11.7 Å². The number of thioether (sulfide) groups is 1. The molecule has 1 saturated heterocycles. The van der Waals surface area contributed by atoms with Gasteiger partial charge in [0.25, 0.3) is 5.91 Å². The predicted octanol–water partition coefficient (Wildman–Crippen LogP) is 3.66. The van der Waals surface area contributed by atoms with Crippen LogP contribution in [0.2, 0.25) is 0 Å². The summed E-state index contributed by atoms with van der Waals surface area (Å²) < 4.78 is 5.44. The highest BCUT2D eigenvalue weighted by Crippen LogP contribution is 2.33. The Morgan fingerprint density at radius 2 is 2.00 bits per heavy atom. The SMILES string of the molecule is C=C(CSCC)C(=O)N1C(=O)OC(C)(C)[C@@H]1Cc1ccccc1. The standard InChI is InChI=1S/C18H23NO3S/c1-5-23-12-13(2)16(20)19-15(18(3,4)22-17(19)21)11-14-9-7-6-8-10-14/h6-10,15H,2,5,11-12H2,1,3-4H3/t15-/m0/s1. The topological polar surface area (TPSA) is 46.6 Å². The normalized spacial score (nSPS) is 19.5. The molecule has 5 heteroatoms. The first kappa shape index (κ1) is 17.6. The largest absolute Gasteiger partial charge is 0.441 e. The average Bonchev–Trinajstić information content (AvgIpc) is 2.74. The van der Waals surface area contributed by atoms with Crippen LogP contribution in [0.1, 0.15) is 26.3 Å². The van der Waals surface area contributed by atoms with E-state index in [0.29, 0.717) is 17.7 Å². The van der Waals surface area contributed by atoms with Crippen molar-refractivity contribution in [2.24, 2.45) is 0 Å². The van der Waals surface area contributed by atoms with Crippen LogP contribution in [0, 0.1) is 0 Å². The molecule has 0 aromatic heterocycles. The maximum Gasteiger partial charge on any atom is 0.417 e. The molecule has 0 N–H and O–H groups in total. The van der Waals surface area contributed by atoms with Crippen LogP contribution in [-0.4, -0.2) is 40.0 Å². The third-order valence-corrected chi connectivity index (χ3v) is 4.90. The first-order chi connectivity index (χ1) is 10.9. The number of hydrogen-bond acceptors (Lipinski definition) is 4. The maximum atomic E-state index is 12.7. The van der Waals surface area contributed by atoms with Crippen molar-refractivity contribution in [1.82, 2.24) is 4.90 Å². The van der Waals surface area contributed by atoms with Crippen molar-refractivity contribution < 1.29 is 14.3 Å². The Morgan fingerprint density at radius 1 is 1.35 bits per heavy atom. The van der Waals surface area contributed by atoms with Crippen molar-refractivity contribution in [1.29, 1.82) is 0 Å². The number of benzene rings is 1. The number of nitrogens with zero attached hydrogens (tertiary/aromatic N) is 1. The molecule has 0 aliphatic carbocycles. The van der Waals surface area contributed by atoms with Gasteiger partial charge in [0.2, 0.25) is 0 Å². The molecule has 2 amide bonds. The van der Waals surface area contributed by atoms with E-state index in [1.807, 2.05) is 51.1 Å². The van der Waals surface area contributed by atoms with E-state index in [1.165, 1.54) is 4.90 Å². The Kier molecular flexibility index (Phi) is 5.52. The average molecular weight is 333 g/mol. The molecule has 0 radical (unpaired) electrons. The lowest BCUT2D eigenvalue weighted by molar-refractivity contribution is -0.125. The molecule has 1 aromatic carbocycles. The summed E-state index contributed by atoms with van der Waals surface area (Å²) >= 11 is 1.61. The van der Waals surface area contributed by atoms with Gasteiger partial charge in [-0.05, 0) is 31.6 Å². The summed E-state index contributed by atoms with van der Waals surface area (Å²) in [7, 11) is 0. The van der Waals surface area contributed by atoms with E-state index in [1.54, 1.807) is 11.8 Å². The highest BCUT2D eigenvalue weighted by molar-refractivity contribution is 7.99. The maximum absolute atomic E-state index is 12.7. The predicted molar refractivity (Wildman–Crippen MR) is 93.5 cm³/mol. The smallest absolute Gasteiger partial charge is 0.417 e. The fourth-order valence-corrected chi connectivity index (χ4v) is 3.21. The van der Waals surface area contributed by atoms with Gasteiger partial charge in [-0.25, -0.2) is 9.69 Å². The van der Waals surface area contributed by atoms with Crippen LogP contribution < -0.4 is 0 Å². The zero-order chi connectivity index (χ0) is 17.0. The lowest BCUT2D eigenvalue weighted by Crippen LogP contribution is -2.46. The lowest BCUT2D eigenvalue weighted by atomic mass is 9.92. The van der Waals surface area contributed by atoms with Crippen LogP contribution in [0.15, 0.2) is 42.5 Å². The summed E-state index contributed by atoms with van der Waals surface area (Å²) in [5, 5.41) is 0. The lowest BCUT2D eigenvalue weighted by Gasteiger charge is -2.28. The first-order valence-electron chi connectivity index (χ1n) is 7.72. The third-order valence-electron chi connectivity index (χ3n) is 3.93. The number of hydrogen-bond donors (Lipinski definition) is 0. The molecule has 1 atom stereocenters. The van der Waals surface area contributed by atoms with Crippen molar-refractivity contribution in [3.05, 3.63) is 48.0 Å². The fraction of sp³-hybridized carbons (Fsp3) is 0.444. The summed E-state index contributed by atoms with van der Waals surface area (Å²) in [5.41, 5.74) is 0.778. The molecule has 0 unspecified atom stereocenters. The summed E-state index contributed by atoms with van der Waals surface area (Å²) in [6.07, 6.45) is -0.0111. The van der Waals surface area contributed by atoms with E-state index in [2.05, 4.69) is 6.58 Å². The van der Waals surface area contributed by atoms with Gasteiger partial charge >= 0.3 is 6.09 Å². The number of amides is 2. The summed E-state index contributed by atoms with van der Waals surface area (Å²) in [6.45, 7) is 9.55. The quantitative estimate of drug-likeness (QED) is 0.745. The highest BCUT2D eigenvalue weighted by Gasteiger charge is 2.50.